The summed E-state index contributed by atoms with van der Waals surface area (Å²) in [6, 6.07) is 0. The largest absolute Gasteiger partial charge is 0.479 e. The van der Waals surface area contributed by atoms with Crippen molar-refractivity contribution in [1.82, 2.24) is 0 Å². The maximum absolute atomic E-state index is 11.8. The van der Waals surface area contributed by atoms with E-state index in [2.05, 4.69) is 0 Å². The Labute approximate surface area is 54.1 Å². The molecule has 0 radical (unpaired) electrons. The second-order valence-corrected chi connectivity index (χ2v) is 1.37. The SMILES string of the molecule is O=C(O)C(=O)[C@H](F)C(=O)O. The maximum Gasteiger partial charge on any atom is 0.376 e. The van der Waals surface area contributed by atoms with E-state index >= 15 is 0 Å². The first-order chi connectivity index (χ1) is 4.46. The van der Waals surface area contributed by atoms with E-state index in [9.17, 15) is 18.8 Å². The number of ketones is 1. The van der Waals surface area contributed by atoms with Gasteiger partial charge >= 0.3 is 11.9 Å². The van der Waals surface area contributed by atoms with E-state index in [1.165, 1.54) is 0 Å². The van der Waals surface area contributed by atoms with E-state index in [0.717, 1.165) is 0 Å². The number of carbonyl (C=O) groups is 3. The summed E-state index contributed by atoms with van der Waals surface area (Å²) in [5, 5.41) is 15.5. The first kappa shape index (κ1) is 8.54. The van der Waals surface area contributed by atoms with Gasteiger partial charge in [0.05, 0.1) is 0 Å². The van der Waals surface area contributed by atoms with Crippen LogP contribution in [0.15, 0.2) is 0 Å². The van der Waals surface area contributed by atoms with Crippen molar-refractivity contribution < 1.29 is 29.0 Å². The average molecular weight is 150 g/mol. The van der Waals surface area contributed by atoms with Crippen LogP contribution < -0.4 is 0 Å². The molecule has 0 saturated carbocycles. The third-order valence-electron chi connectivity index (χ3n) is 0.658. The Bertz CT molecular complexity index is 186. The average Bonchev–Trinajstić information content (AvgIpc) is 1.84. The molecule has 56 valence electrons. The van der Waals surface area contributed by atoms with Gasteiger partial charge in [-0.05, 0) is 0 Å². The van der Waals surface area contributed by atoms with E-state index in [1.807, 2.05) is 0 Å². The van der Waals surface area contributed by atoms with E-state index in [4.69, 9.17) is 10.2 Å². The van der Waals surface area contributed by atoms with Crippen LogP contribution in [-0.2, 0) is 14.4 Å². The summed E-state index contributed by atoms with van der Waals surface area (Å²) in [4.78, 5) is 29.1. The summed E-state index contributed by atoms with van der Waals surface area (Å²) >= 11 is 0. The Balaban J connectivity index is 4.22. The number of hydrogen-bond donors (Lipinski definition) is 2. The Hall–Kier alpha value is -1.46. The molecule has 0 aliphatic carbocycles. The van der Waals surface area contributed by atoms with Crippen molar-refractivity contribution in [1.29, 1.82) is 0 Å². The molecule has 0 fully saturated rings. The van der Waals surface area contributed by atoms with Crippen LogP contribution in [0.25, 0.3) is 0 Å². The van der Waals surface area contributed by atoms with E-state index in [-0.39, 0.29) is 0 Å². The molecule has 0 bridgehead atoms. The fraction of sp³-hybridized carbons (Fsp3) is 0.250. The summed E-state index contributed by atoms with van der Waals surface area (Å²) in [6.07, 6.45) is -2.96. The van der Waals surface area contributed by atoms with Crippen molar-refractivity contribution in [2.45, 2.75) is 6.17 Å². The predicted molar refractivity (Wildman–Crippen MR) is 25.2 cm³/mol. The van der Waals surface area contributed by atoms with Crippen molar-refractivity contribution in [3.05, 3.63) is 0 Å². The Kier molecular flexibility index (Phi) is 2.48. The number of carboxylic acids is 2. The summed E-state index contributed by atoms with van der Waals surface area (Å²) in [7, 11) is 0. The van der Waals surface area contributed by atoms with Gasteiger partial charge in [0.15, 0.2) is 0 Å². The van der Waals surface area contributed by atoms with Gasteiger partial charge in [0.1, 0.15) is 0 Å². The second kappa shape index (κ2) is 2.90. The quantitative estimate of drug-likeness (QED) is 0.400. The van der Waals surface area contributed by atoms with Gasteiger partial charge in [-0.15, -0.1) is 0 Å². The molecule has 10 heavy (non-hydrogen) atoms. The Morgan fingerprint density at radius 3 is 1.70 bits per heavy atom. The smallest absolute Gasteiger partial charge is 0.376 e. The first-order valence-electron chi connectivity index (χ1n) is 2.11. The van der Waals surface area contributed by atoms with Gasteiger partial charge in [-0.25, -0.2) is 14.0 Å². The van der Waals surface area contributed by atoms with Crippen molar-refractivity contribution >= 4 is 17.7 Å². The lowest BCUT2D eigenvalue weighted by atomic mass is 10.2. The number of halogens is 1. The van der Waals surface area contributed by atoms with E-state index in [0.29, 0.717) is 0 Å². The summed E-state index contributed by atoms with van der Waals surface area (Å²) in [6.45, 7) is 0. The lowest BCUT2D eigenvalue weighted by Crippen LogP contribution is -2.31. The van der Waals surface area contributed by atoms with Crippen LogP contribution >= 0.6 is 0 Å². The highest BCUT2D eigenvalue weighted by atomic mass is 19.1. The van der Waals surface area contributed by atoms with Crippen LogP contribution in [0.1, 0.15) is 0 Å². The van der Waals surface area contributed by atoms with Crippen molar-refractivity contribution in [3.63, 3.8) is 0 Å². The fourth-order valence-corrected chi connectivity index (χ4v) is 0.221. The third-order valence-corrected chi connectivity index (χ3v) is 0.658. The molecule has 0 saturated heterocycles. The molecule has 0 aromatic carbocycles. The summed E-state index contributed by atoms with van der Waals surface area (Å²) in [5.74, 6) is -6.14. The number of Topliss-reactive ketones (excluding diaryl/α,β-unsaturated/α-hetero) is 1. The van der Waals surface area contributed by atoms with Crippen LogP contribution in [0.4, 0.5) is 4.39 Å². The van der Waals surface area contributed by atoms with Gasteiger partial charge in [0, 0.05) is 0 Å². The van der Waals surface area contributed by atoms with Gasteiger partial charge in [0.2, 0.25) is 0 Å². The highest BCUT2D eigenvalue weighted by molar-refractivity contribution is 6.38. The zero-order valence-electron chi connectivity index (χ0n) is 4.57. The lowest BCUT2D eigenvalue weighted by molar-refractivity contribution is -0.157. The minimum absolute atomic E-state index is 1.97. The van der Waals surface area contributed by atoms with E-state index in [1.54, 1.807) is 0 Å². The van der Waals surface area contributed by atoms with Crippen LogP contribution in [0.2, 0.25) is 0 Å². The molecular formula is C4H3FO5. The predicted octanol–water partition coefficient (Wildman–Crippen LogP) is -0.937. The van der Waals surface area contributed by atoms with Crippen LogP contribution in [-0.4, -0.2) is 34.1 Å². The molecule has 0 aromatic rings. The number of rotatable bonds is 3. The molecule has 0 aliphatic heterocycles. The zero-order valence-corrected chi connectivity index (χ0v) is 4.57. The summed E-state index contributed by atoms with van der Waals surface area (Å²) < 4.78 is 11.8. The molecule has 0 spiro atoms. The van der Waals surface area contributed by atoms with Crippen molar-refractivity contribution in [3.8, 4) is 0 Å². The Morgan fingerprint density at radius 2 is 1.60 bits per heavy atom. The molecule has 0 rings (SSSR count). The lowest BCUT2D eigenvalue weighted by Gasteiger charge is -1.94. The molecule has 0 aliphatic rings. The standard InChI is InChI=1S/C4H3FO5/c5-1(3(7)8)2(6)4(9)10/h1H,(H,7,8)(H,9,10)/t1-/m0/s1. The van der Waals surface area contributed by atoms with Crippen LogP contribution in [0.3, 0.4) is 0 Å². The molecule has 2 N–H and O–H groups in total. The Morgan fingerprint density at radius 1 is 1.20 bits per heavy atom. The van der Waals surface area contributed by atoms with Crippen LogP contribution in [0.5, 0.6) is 0 Å². The maximum atomic E-state index is 11.8. The fourth-order valence-electron chi connectivity index (χ4n) is 0.221. The number of aliphatic carboxylic acids is 2. The molecule has 5 nitrogen and oxygen atoms in total. The highest BCUT2D eigenvalue weighted by Crippen LogP contribution is 1.92. The molecule has 0 unspecified atom stereocenters. The number of hydrogen-bond acceptors (Lipinski definition) is 3. The molecular weight excluding hydrogens is 147 g/mol. The van der Waals surface area contributed by atoms with Gasteiger partial charge in [-0.3, -0.25) is 4.79 Å². The van der Waals surface area contributed by atoms with Crippen LogP contribution in [0, 0.1) is 0 Å². The number of alkyl halides is 1. The minimum Gasteiger partial charge on any atom is -0.479 e. The zero-order chi connectivity index (χ0) is 8.31. The third kappa shape index (κ3) is 1.81. The number of carboxylic acid groups (broad SMARTS) is 2. The number of carbonyl (C=O) groups excluding carboxylic acids is 1. The van der Waals surface area contributed by atoms with Gasteiger partial charge in [0.25, 0.3) is 12.0 Å². The van der Waals surface area contributed by atoms with Crippen molar-refractivity contribution in [2.24, 2.45) is 0 Å². The highest BCUT2D eigenvalue weighted by Gasteiger charge is 2.30. The summed E-state index contributed by atoms with van der Waals surface area (Å²) in [5.41, 5.74) is 0. The second-order valence-electron chi connectivity index (χ2n) is 1.37. The molecule has 6 heteroatoms. The van der Waals surface area contributed by atoms with Gasteiger partial charge < -0.3 is 10.2 Å². The molecule has 1 atom stereocenters. The topological polar surface area (TPSA) is 91.7 Å². The minimum atomic E-state index is -2.96. The monoisotopic (exact) mass is 150 g/mol. The normalized spacial score (nSPS) is 12.1. The van der Waals surface area contributed by atoms with Gasteiger partial charge in [-0.1, -0.05) is 0 Å². The van der Waals surface area contributed by atoms with Crippen molar-refractivity contribution in [2.75, 3.05) is 0 Å². The molecule has 0 heterocycles. The molecule has 0 aromatic heterocycles. The molecule has 0 amide bonds. The van der Waals surface area contributed by atoms with E-state index < -0.39 is 23.9 Å². The first-order valence-corrected chi connectivity index (χ1v) is 2.11. The van der Waals surface area contributed by atoms with Gasteiger partial charge in [-0.2, -0.15) is 0 Å².